The summed E-state index contributed by atoms with van der Waals surface area (Å²) in [6.07, 6.45) is 1.65. The van der Waals surface area contributed by atoms with Crippen molar-refractivity contribution in [3.05, 3.63) is 46.3 Å². The molecule has 94 valence electrons. The van der Waals surface area contributed by atoms with Crippen molar-refractivity contribution in [3.8, 4) is 5.75 Å². The van der Waals surface area contributed by atoms with E-state index in [1.807, 2.05) is 6.07 Å². The summed E-state index contributed by atoms with van der Waals surface area (Å²) >= 11 is 0. The minimum atomic E-state index is -0.472. The maximum Gasteiger partial charge on any atom is 0.312 e. The normalized spacial score (nSPS) is 10.1. The summed E-state index contributed by atoms with van der Waals surface area (Å²) in [5.41, 5.74) is 1.48. The molecule has 0 amide bonds. The first-order chi connectivity index (χ1) is 8.70. The standard InChI is InChI=1S/C11H12N4O3/c1-18-11-3-2-8(6-10(11)15(16)17)12-7-9-4-5-13-14-9/h2-6,12H,7H2,1H3,(H,13,14). The van der Waals surface area contributed by atoms with Crippen LogP contribution in [0.3, 0.4) is 0 Å². The van der Waals surface area contributed by atoms with Crippen LogP contribution in [0.2, 0.25) is 0 Å². The van der Waals surface area contributed by atoms with Gasteiger partial charge in [0.1, 0.15) is 0 Å². The van der Waals surface area contributed by atoms with Crippen molar-refractivity contribution in [1.82, 2.24) is 10.2 Å². The van der Waals surface area contributed by atoms with Crippen LogP contribution in [-0.4, -0.2) is 22.2 Å². The second kappa shape index (κ2) is 5.17. The lowest BCUT2D eigenvalue weighted by Gasteiger charge is -2.06. The molecule has 0 aliphatic heterocycles. The summed E-state index contributed by atoms with van der Waals surface area (Å²) in [4.78, 5) is 10.4. The monoisotopic (exact) mass is 248 g/mol. The Morgan fingerprint density at radius 3 is 2.94 bits per heavy atom. The van der Waals surface area contributed by atoms with Crippen molar-refractivity contribution in [2.75, 3.05) is 12.4 Å². The van der Waals surface area contributed by atoms with E-state index in [4.69, 9.17) is 4.74 Å². The molecule has 0 saturated carbocycles. The van der Waals surface area contributed by atoms with E-state index in [9.17, 15) is 10.1 Å². The van der Waals surface area contributed by atoms with E-state index < -0.39 is 4.92 Å². The molecule has 0 unspecified atom stereocenters. The summed E-state index contributed by atoms with van der Waals surface area (Å²) < 4.78 is 4.93. The van der Waals surface area contributed by atoms with Crippen LogP contribution in [0.15, 0.2) is 30.5 Å². The van der Waals surface area contributed by atoms with Crippen LogP contribution < -0.4 is 10.1 Å². The number of hydrogen-bond donors (Lipinski definition) is 2. The number of aromatic nitrogens is 2. The fourth-order valence-corrected chi connectivity index (χ4v) is 1.52. The Balaban J connectivity index is 2.14. The third kappa shape index (κ3) is 2.57. The fraction of sp³-hybridized carbons (Fsp3) is 0.182. The van der Waals surface area contributed by atoms with Crippen LogP contribution in [0.25, 0.3) is 0 Å². The van der Waals surface area contributed by atoms with Gasteiger partial charge >= 0.3 is 5.69 Å². The summed E-state index contributed by atoms with van der Waals surface area (Å²) in [5, 5.41) is 20.5. The molecule has 1 aromatic carbocycles. The van der Waals surface area contributed by atoms with Crippen LogP contribution in [0.1, 0.15) is 5.69 Å². The molecular weight excluding hydrogens is 236 g/mol. The van der Waals surface area contributed by atoms with E-state index in [-0.39, 0.29) is 11.4 Å². The van der Waals surface area contributed by atoms with Gasteiger partial charge in [-0.1, -0.05) is 0 Å². The number of nitro benzene ring substituents is 1. The highest BCUT2D eigenvalue weighted by atomic mass is 16.6. The maximum absolute atomic E-state index is 10.8. The lowest BCUT2D eigenvalue weighted by Crippen LogP contribution is -2.01. The minimum absolute atomic E-state index is 0.0629. The number of ether oxygens (including phenoxy) is 1. The first-order valence-electron chi connectivity index (χ1n) is 5.25. The Kier molecular flexibility index (Phi) is 3.42. The van der Waals surface area contributed by atoms with Crippen molar-refractivity contribution in [1.29, 1.82) is 0 Å². The number of methoxy groups -OCH3 is 1. The van der Waals surface area contributed by atoms with Crippen molar-refractivity contribution in [3.63, 3.8) is 0 Å². The third-order valence-electron chi connectivity index (χ3n) is 2.42. The minimum Gasteiger partial charge on any atom is -0.490 e. The van der Waals surface area contributed by atoms with E-state index in [1.165, 1.54) is 13.2 Å². The van der Waals surface area contributed by atoms with Gasteiger partial charge in [-0.3, -0.25) is 15.2 Å². The fourth-order valence-electron chi connectivity index (χ4n) is 1.52. The van der Waals surface area contributed by atoms with Crippen LogP contribution in [0, 0.1) is 10.1 Å². The highest BCUT2D eigenvalue weighted by Gasteiger charge is 2.14. The van der Waals surface area contributed by atoms with Crippen molar-refractivity contribution in [2.45, 2.75) is 6.54 Å². The van der Waals surface area contributed by atoms with Crippen molar-refractivity contribution >= 4 is 11.4 Å². The number of rotatable bonds is 5. The number of H-pyrrole nitrogens is 1. The van der Waals surface area contributed by atoms with Crippen LogP contribution in [-0.2, 0) is 6.54 Å². The first kappa shape index (κ1) is 11.9. The zero-order valence-electron chi connectivity index (χ0n) is 9.71. The Bertz CT molecular complexity index is 539. The predicted molar refractivity (Wildman–Crippen MR) is 65.6 cm³/mol. The molecule has 0 aliphatic rings. The van der Waals surface area contributed by atoms with E-state index >= 15 is 0 Å². The van der Waals surface area contributed by atoms with E-state index in [1.54, 1.807) is 18.3 Å². The molecule has 0 saturated heterocycles. The molecule has 0 fully saturated rings. The molecule has 0 aliphatic carbocycles. The summed E-state index contributed by atoms with van der Waals surface area (Å²) in [5.74, 6) is 0.243. The zero-order chi connectivity index (χ0) is 13.0. The molecule has 0 radical (unpaired) electrons. The molecule has 1 heterocycles. The molecule has 18 heavy (non-hydrogen) atoms. The number of hydrogen-bond acceptors (Lipinski definition) is 5. The number of aromatic amines is 1. The summed E-state index contributed by atoms with van der Waals surface area (Å²) in [6.45, 7) is 0.517. The first-order valence-corrected chi connectivity index (χ1v) is 5.25. The third-order valence-corrected chi connectivity index (χ3v) is 2.42. The quantitative estimate of drug-likeness (QED) is 0.623. The number of anilines is 1. The van der Waals surface area contributed by atoms with Gasteiger partial charge in [0, 0.05) is 18.0 Å². The van der Waals surface area contributed by atoms with E-state index in [0.29, 0.717) is 12.2 Å². The van der Waals surface area contributed by atoms with Gasteiger partial charge in [0.15, 0.2) is 5.75 Å². The van der Waals surface area contributed by atoms with Crippen LogP contribution >= 0.6 is 0 Å². The number of benzene rings is 1. The Hall–Kier alpha value is -2.57. The maximum atomic E-state index is 10.8. The van der Waals surface area contributed by atoms with Gasteiger partial charge in [0.05, 0.1) is 24.3 Å². The van der Waals surface area contributed by atoms with Crippen molar-refractivity contribution in [2.24, 2.45) is 0 Å². The second-order valence-electron chi connectivity index (χ2n) is 3.58. The molecule has 7 heteroatoms. The van der Waals surface area contributed by atoms with Gasteiger partial charge in [-0.15, -0.1) is 0 Å². The highest BCUT2D eigenvalue weighted by Crippen LogP contribution is 2.29. The van der Waals surface area contributed by atoms with Gasteiger partial charge in [-0.05, 0) is 18.2 Å². The SMILES string of the molecule is COc1ccc(NCc2ccn[nH]2)cc1[N+](=O)[O-]. The Labute approximate surface area is 103 Å². The lowest BCUT2D eigenvalue weighted by molar-refractivity contribution is -0.385. The molecule has 7 nitrogen and oxygen atoms in total. The average molecular weight is 248 g/mol. The van der Waals surface area contributed by atoms with Gasteiger partial charge in [0.2, 0.25) is 0 Å². The van der Waals surface area contributed by atoms with Gasteiger partial charge in [0.25, 0.3) is 0 Å². The molecule has 0 spiro atoms. The van der Waals surface area contributed by atoms with E-state index in [2.05, 4.69) is 15.5 Å². The second-order valence-corrected chi connectivity index (χ2v) is 3.58. The average Bonchev–Trinajstić information content (AvgIpc) is 2.89. The number of nitrogens with zero attached hydrogens (tertiary/aromatic N) is 2. The van der Waals surface area contributed by atoms with Crippen LogP contribution in [0.5, 0.6) is 5.75 Å². The molecule has 2 rings (SSSR count). The summed E-state index contributed by atoms with van der Waals surface area (Å²) in [6, 6.07) is 6.55. The Morgan fingerprint density at radius 2 is 2.33 bits per heavy atom. The highest BCUT2D eigenvalue weighted by molar-refractivity contribution is 5.58. The number of nitrogens with one attached hydrogen (secondary N) is 2. The molecule has 2 aromatic rings. The molecule has 1 aromatic heterocycles. The lowest BCUT2D eigenvalue weighted by atomic mass is 10.2. The molecular formula is C11H12N4O3. The summed E-state index contributed by atoms with van der Waals surface area (Å²) in [7, 11) is 1.40. The van der Waals surface area contributed by atoms with Gasteiger partial charge in [-0.25, -0.2) is 0 Å². The molecule has 2 N–H and O–H groups in total. The molecule has 0 atom stereocenters. The Morgan fingerprint density at radius 1 is 1.50 bits per heavy atom. The van der Waals surface area contributed by atoms with E-state index in [0.717, 1.165) is 5.69 Å². The van der Waals surface area contributed by atoms with Gasteiger partial charge < -0.3 is 10.1 Å². The smallest absolute Gasteiger partial charge is 0.312 e. The topological polar surface area (TPSA) is 93.1 Å². The molecule has 0 bridgehead atoms. The number of nitro groups is 1. The van der Waals surface area contributed by atoms with Crippen LogP contribution in [0.4, 0.5) is 11.4 Å². The predicted octanol–water partition coefficient (Wildman–Crippen LogP) is 1.94. The zero-order valence-corrected chi connectivity index (χ0v) is 9.71. The van der Waals surface area contributed by atoms with Gasteiger partial charge in [-0.2, -0.15) is 5.10 Å². The largest absolute Gasteiger partial charge is 0.490 e. The van der Waals surface area contributed by atoms with Crippen molar-refractivity contribution < 1.29 is 9.66 Å².